The van der Waals surface area contributed by atoms with Crippen LogP contribution >= 0.6 is 11.6 Å². The van der Waals surface area contributed by atoms with Crippen molar-refractivity contribution in [1.82, 2.24) is 4.90 Å². The van der Waals surface area contributed by atoms with Crippen LogP contribution in [0.1, 0.15) is 36.1 Å². The number of carbonyl (C=O) groups excluding carboxylic acids is 1. The zero-order valence-corrected chi connectivity index (χ0v) is 13.8. The Hall–Kier alpha value is -1.87. The molecular formula is C19H19ClFNO. The molecule has 23 heavy (non-hydrogen) atoms. The van der Waals surface area contributed by atoms with Gasteiger partial charge < -0.3 is 4.90 Å². The summed E-state index contributed by atoms with van der Waals surface area (Å²) < 4.78 is 13.5. The lowest BCUT2D eigenvalue weighted by atomic mass is 9.93. The van der Waals surface area contributed by atoms with Crippen LogP contribution in [0.3, 0.4) is 0 Å². The van der Waals surface area contributed by atoms with Gasteiger partial charge in [-0.1, -0.05) is 29.8 Å². The maximum atomic E-state index is 13.5. The molecule has 0 radical (unpaired) electrons. The first-order chi connectivity index (χ1) is 11.0. The van der Waals surface area contributed by atoms with Crippen LogP contribution < -0.4 is 0 Å². The Morgan fingerprint density at radius 1 is 1.30 bits per heavy atom. The van der Waals surface area contributed by atoms with Gasteiger partial charge in [0, 0.05) is 18.0 Å². The second-order valence-corrected chi connectivity index (χ2v) is 6.42. The first kappa shape index (κ1) is 16.0. The van der Waals surface area contributed by atoms with Gasteiger partial charge in [0.05, 0.1) is 6.04 Å². The fourth-order valence-corrected chi connectivity index (χ4v) is 3.43. The molecule has 1 aliphatic rings. The minimum absolute atomic E-state index is 0.0821. The van der Waals surface area contributed by atoms with Gasteiger partial charge in [0.25, 0.3) is 0 Å². The first-order valence-corrected chi connectivity index (χ1v) is 8.24. The van der Waals surface area contributed by atoms with Crippen LogP contribution in [0, 0.1) is 5.82 Å². The summed E-state index contributed by atoms with van der Waals surface area (Å²) in [5, 5.41) is 0.686. The molecule has 0 bridgehead atoms. The molecule has 4 heteroatoms. The van der Waals surface area contributed by atoms with Crippen LogP contribution in [-0.2, 0) is 17.6 Å². The maximum Gasteiger partial charge on any atom is 0.223 e. The highest BCUT2D eigenvalue weighted by Gasteiger charge is 2.27. The normalized spacial score (nSPS) is 17.0. The Kier molecular flexibility index (Phi) is 4.67. The molecule has 0 N–H and O–H groups in total. The number of aryl methyl sites for hydroxylation is 1. The number of hydrogen-bond donors (Lipinski definition) is 0. The molecule has 0 spiro atoms. The molecule has 1 amide bonds. The van der Waals surface area contributed by atoms with Crippen molar-refractivity contribution in [1.29, 1.82) is 0 Å². The lowest BCUT2D eigenvalue weighted by Gasteiger charge is -2.35. The number of halogens is 2. The second kappa shape index (κ2) is 6.71. The fraction of sp³-hybridized carbons (Fsp3) is 0.316. The molecule has 0 saturated heterocycles. The number of hydrogen-bond acceptors (Lipinski definition) is 1. The number of rotatable bonds is 3. The van der Waals surface area contributed by atoms with Crippen LogP contribution in [0.25, 0.3) is 0 Å². The summed E-state index contributed by atoms with van der Waals surface area (Å²) in [7, 11) is 0. The van der Waals surface area contributed by atoms with Crippen LogP contribution in [0.5, 0.6) is 0 Å². The van der Waals surface area contributed by atoms with E-state index in [1.54, 1.807) is 6.07 Å². The lowest BCUT2D eigenvalue weighted by molar-refractivity contribution is -0.133. The Balaban J connectivity index is 1.68. The molecule has 2 nitrogen and oxygen atoms in total. The van der Waals surface area contributed by atoms with Crippen molar-refractivity contribution < 1.29 is 9.18 Å². The Morgan fingerprint density at radius 2 is 2.13 bits per heavy atom. The highest BCUT2D eigenvalue weighted by Crippen LogP contribution is 2.30. The minimum Gasteiger partial charge on any atom is -0.336 e. The quantitative estimate of drug-likeness (QED) is 0.807. The number of fused-ring (bicyclic) bond motifs is 1. The van der Waals surface area contributed by atoms with Crippen LogP contribution in [0.15, 0.2) is 42.5 Å². The third kappa shape index (κ3) is 3.56. The van der Waals surface area contributed by atoms with E-state index in [2.05, 4.69) is 0 Å². The standard InChI is InChI=1S/C19H19ClFNO/c1-13-18-12-17(21)7-6-15(18)9-10-22(13)19(23)8-5-14-3-2-4-16(20)11-14/h2-4,6-7,11-13H,5,8-10H2,1H3. The van der Waals surface area contributed by atoms with Crippen molar-refractivity contribution in [3.8, 4) is 0 Å². The molecule has 2 aromatic rings. The van der Waals surface area contributed by atoms with Gasteiger partial charge in [0.2, 0.25) is 5.91 Å². The van der Waals surface area contributed by atoms with E-state index in [0.717, 1.165) is 23.1 Å². The van der Waals surface area contributed by atoms with Gasteiger partial charge in [-0.2, -0.15) is 0 Å². The van der Waals surface area contributed by atoms with E-state index in [4.69, 9.17) is 11.6 Å². The molecule has 1 unspecified atom stereocenters. The van der Waals surface area contributed by atoms with E-state index >= 15 is 0 Å². The average Bonchev–Trinajstić information content (AvgIpc) is 2.53. The second-order valence-electron chi connectivity index (χ2n) is 5.99. The van der Waals surface area contributed by atoms with Gasteiger partial charge in [0.1, 0.15) is 5.82 Å². The van der Waals surface area contributed by atoms with Crippen molar-refractivity contribution in [3.05, 3.63) is 70.0 Å². The molecule has 0 fully saturated rings. The summed E-state index contributed by atoms with van der Waals surface area (Å²) >= 11 is 5.97. The molecule has 0 aromatic heterocycles. The average molecular weight is 332 g/mol. The fourth-order valence-electron chi connectivity index (χ4n) is 3.21. The predicted molar refractivity (Wildman–Crippen MR) is 90.0 cm³/mol. The SMILES string of the molecule is CC1c2cc(F)ccc2CCN1C(=O)CCc1cccc(Cl)c1. The molecule has 1 heterocycles. The third-order valence-corrected chi connectivity index (χ3v) is 4.72. The van der Waals surface area contributed by atoms with Crippen LogP contribution in [0.4, 0.5) is 4.39 Å². The van der Waals surface area contributed by atoms with Crippen molar-refractivity contribution in [3.63, 3.8) is 0 Å². The van der Waals surface area contributed by atoms with E-state index in [1.807, 2.05) is 42.2 Å². The van der Waals surface area contributed by atoms with E-state index in [0.29, 0.717) is 24.4 Å². The number of nitrogens with zero attached hydrogens (tertiary/aromatic N) is 1. The third-order valence-electron chi connectivity index (χ3n) is 4.48. The van der Waals surface area contributed by atoms with Crippen molar-refractivity contribution in [2.24, 2.45) is 0 Å². The monoisotopic (exact) mass is 331 g/mol. The van der Waals surface area contributed by atoms with Crippen LogP contribution in [-0.4, -0.2) is 17.4 Å². The highest BCUT2D eigenvalue weighted by molar-refractivity contribution is 6.30. The summed E-state index contributed by atoms with van der Waals surface area (Å²) in [5.74, 6) is -0.142. The van der Waals surface area contributed by atoms with Crippen molar-refractivity contribution in [2.75, 3.05) is 6.54 Å². The van der Waals surface area contributed by atoms with E-state index in [9.17, 15) is 9.18 Å². The number of carbonyl (C=O) groups is 1. The smallest absolute Gasteiger partial charge is 0.223 e. The van der Waals surface area contributed by atoms with Gasteiger partial charge in [-0.25, -0.2) is 4.39 Å². The summed E-state index contributed by atoms with van der Waals surface area (Å²) in [6.07, 6.45) is 1.89. The van der Waals surface area contributed by atoms with Gasteiger partial charge in [-0.15, -0.1) is 0 Å². The summed E-state index contributed by atoms with van der Waals surface area (Å²) in [6, 6.07) is 12.4. The number of amides is 1. The number of benzene rings is 2. The molecule has 120 valence electrons. The maximum absolute atomic E-state index is 13.5. The highest BCUT2D eigenvalue weighted by atomic mass is 35.5. The molecule has 1 atom stereocenters. The zero-order valence-electron chi connectivity index (χ0n) is 13.1. The van der Waals surface area contributed by atoms with Crippen LogP contribution in [0.2, 0.25) is 5.02 Å². The molecule has 1 aliphatic heterocycles. The van der Waals surface area contributed by atoms with Gasteiger partial charge in [-0.05, 0) is 60.7 Å². The van der Waals surface area contributed by atoms with Gasteiger partial charge >= 0.3 is 0 Å². The molecule has 0 aliphatic carbocycles. The summed E-state index contributed by atoms with van der Waals surface area (Å²) in [6.45, 7) is 2.66. The first-order valence-electron chi connectivity index (χ1n) is 7.87. The summed E-state index contributed by atoms with van der Waals surface area (Å²) in [5.41, 5.74) is 3.12. The van der Waals surface area contributed by atoms with E-state index in [1.165, 1.54) is 6.07 Å². The predicted octanol–water partition coefficient (Wildman–Crippen LogP) is 4.56. The van der Waals surface area contributed by atoms with Gasteiger partial charge in [0.15, 0.2) is 0 Å². The Morgan fingerprint density at radius 3 is 2.91 bits per heavy atom. The van der Waals surface area contributed by atoms with E-state index in [-0.39, 0.29) is 17.8 Å². The molecule has 3 rings (SSSR count). The lowest BCUT2D eigenvalue weighted by Crippen LogP contribution is -2.39. The Labute approximate surface area is 140 Å². The van der Waals surface area contributed by atoms with Gasteiger partial charge in [-0.3, -0.25) is 4.79 Å². The molecule has 2 aromatic carbocycles. The van der Waals surface area contributed by atoms with Crippen molar-refractivity contribution in [2.45, 2.75) is 32.2 Å². The Bertz CT molecular complexity index is 731. The zero-order chi connectivity index (χ0) is 16.4. The minimum atomic E-state index is -0.246. The van der Waals surface area contributed by atoms with Crippen molar-refractivity contribution >= 4 is 17.5 Å². The molecular weight excluding hydrogens is 313 g/mol. The molecule has 0 saturated carbocycles. The topological polar surface area (TPSA) is 20.3 Å². The summed E-state index contributed by atoms with van der Waals surface area (Å²) in [4.78, 5) is 14.4. The van der Waals surface area contributed by atoms with E-state index < -0.39 is 0 Å². The largest absolute Gasteiger partial charge is 0.336 e.